The highest BCUT2D eigenvalue weighted by atomic mass is 16.7. The van der Waals surface area contributed by atoms with E-state index in [9.17, 15) is 24.3 Å². The van der Waals surface area contributed by atoms with Crippen molar-refractivity contribution in [1.29, 1.82) is 0 Å². The van der Waals surface area contributed by atoms with E-state index in [4.69, 9.17) is 14.2 Å². The molecule has 37 heavy (non-hydrogen) atoms. The van der Waals surface area contributed by atoms with Crippen LogP contribution in [0.15, 0.2) is 0 Å². The van der Waals surface area contributed by atoms with Gasteiger partial charge >= 0.3 is 5.97 Å². The van der Waals surface area contributed by atoms with Crippen LogP contribution < -0.4 is 21.3 Å². The number of rotatable bonds is 23. The van der Waals surface area contributed by atoms with E-state index < -0.39 is 24.5 Å². The van der Waals surface area contributed by atoms with Gasteiger partial charge in [0.2, 0.25) is 18.2 Å². The first-order chi connectivity index (χ1) is 17.7. The minimum Gasteiger partial charge on any atom is -0.463 e. The number of hydrogen-bond acceptors (Lipinski definition) is 9. The van der Waals surface area contributed by atoms with E-state index in [-0.39, 0.29) is 37.0 Å². The molecular weight excluding hydrogens is 484 g/mol. The first-order valence-corrected chi connectivity index (χ1v) is 13.1. The van der Waals surface area contributed by atoms with Gasteiger partial charge in [-0.25, -0.2) is 0 Å². The Hall–Kier alpha value is -2.28. The monoisotopic (exact) mass is 532 g/mol. The lowest BCUT2D eigenvalue weighted by Gasteiger charge is -2.32. The summed E-state index contributed by atoms with van der Waals surface area (Å²) in [6, 6.07) is -0.904. The summed E-state index contributed by atoms with van der Waals surface area (Å²) in [5.41, 5.74) is 0. The van der Waals surface area contributed by atoms with Crippen LogP contribution in [0.2, 0.25) is 0 Å². The lowest BCUT2D eigenvalue weighted by Crippen LogP contribution is -2.49. The van der Waals surface area contributed by atoms with Crippen molar-refractivity contribution in [3.63, 3.8) is 0 Å². The number of aliphatic hydroxyl groups is 1. The summed E-state index contributed by atoms with van der Waals surface area (Å²) in [5, 5.41) is 21.4. The number of carbonyl (C=O) groups is 4. The Morgan fingerprint density at radius 2 is 1.65 bits per heavy atom. The molecule has 0 spiro atoms. The molecular formula is C25H48N4O8. The van der Waals surface area contributed by atoms with E-state index in [2.05, 4.69) is 21.3 Å². The number of amides is 3. The van der Waals surface area contributed by atoms with E-state index in [0.717, 1.165) is 19.3 Å². The van der Waals surface area contributed by atoms with Crippen molar-refractivity contribution >= 4 is 24.2 Å². The Kier molecular flexibility index (Phi) is 20.4. The Balaban J connectivity index is 4.69. The molecule has 0 bridgehead atoms. The van der Waals surface area contributed by atoms with E-state index in [1.54, 1.807) is 7.05 Å². The van der Waals surface area contributed by atoms with Gasteiger partial charge in [0.15, 0.2) is 6.29 Å². The van der Waals surface area contributed by atoms with Crippen LogP contribution in [0.25, 0.3) is 0 Å². The average Bonchev–Trinajstić information content (AvgIpc) is 2.86. The Labute approximate surface area is 220 Å². The van der Waals surface area contributed by atoms with Gasteiger partial charge in [0.25, 0.3) is 0 Å². The third-order valence-electron chi connectivity index (χ3n) is 5.85. The van der Waals surface area contributed by atoms with Crippen LogP contribution in [0, 0.1) is 5.92 Å². The van der Waals surface area contributed by atoms with Crippen LogP contribution in [-0.4, -0.2) is 87.3 Å². The molecule has 0 fully saturated rings. The minimum atomic E-state index is -0.863. The molecule has 3 amide bonds. The van der Waals surface area contributed by atoms with Crippen molar-refractivity contribution < 1.29 is 38.5 Å². The molecule has 216 valence electrons. The van der Waals surface area contributed by atoms with Crippen molar-refractivity contribution in [1.82, 2.24) is 21.3 Å². The number of ether oxygens (including phenoxy) is 3. The Morgan fingerprint density at radius 1 is 0.973 bits per heavy atom. The third-order valence-corrected chi connectivity index (χ3v) is 5.85. The first-order valence-electron chi connectivity index (χ1n) is 13.1. The number of carbonyl (C=O) groups excluding carboxylic acids is 4. The van der Waals surface area contributed by atoms with Gasteiger partial charge in [0.05, 0.1) is 18.7 Å². The fourth-order valence-corrected chi connectivity index (χ4v) is 3.63. The maximum absolute atomic E-state index is 12.1. The average molecular weight is 533 g/mol. The Bertz CT molecular complexity index is 652. The van der Waals surface area contributed by atoms with E-state index in [0.29, 0.717) is 45.2 Å². The third kappa shape index (κ3) is 17.7. The molecule has 0 aromatic rings. The van der Waals surface area contributed by atoms with E-state index in [1.807, 2.05) is 13.8 Å². The fraction of sp³-hybridized carbons (Fsp3) is 0.840. The maximum Gasteiger partial charge on any atom is 0.302 e. The van der Waals surface area contributed by atoms with Crippen molar-refractivity contribution in [2.45, 2.75) is 97.2 Å². The fourth-order valence-electron chi connectivity index (χ4n) is 3.63. The van der Waals surface area contributed by atoms with Crippen LogP contribution in [0.3, 0.4) is 0 Å². The van der Waals surface area contributed by atoms with E-state index in [1.165, 1.54) is 13.8 Å². The quantitative estimate of drug-likeness (QED) is 0.0547. The minimum absolute atomic E-state index is 0.0838. The molecule has 5 N–H and O–H groups in total. The second-order valence-corrected chi connectivity index (χ2v) is 8.97. The summed E-state index contributed by atoms with van der Waals surface area (Å²) in [4.78, 5) is 45.2. The van der Waals surface area contributed by atoms with Crippen LogP contribution in [0.1, 0.15) is 72.6 Å². The lowest BCUT2D eigenvalue weighted by molar-refractivity contribution is -0.179. The molecule has 0 aliphatic carbocycles. The number of nitrogens with one attached hydrogen (secondary N) is 4. The maximum atomic E-state index is 12.1. The summed E-state index contributed by atoms with van der Waals surface area (Å²) in [6.07, 6.45) is 3.53. The topological polar surface area (TPSA) is 164 Å². The molecule has 0 rings (SSSR count). The van der Waals surface area contributed by atoms with Gasteiger partial charge in [-0.15, -0.1) is 0 Å². The van der Waals surface area contributed by atoms with Crippen LogP contribution in [0.4, 0.5) is 0 Å². The van der Waals surface area contributed by atoms with Gasteiger partial charge in [-0.3, -0.25) is 24.5 Å². The van der Waals surface area contributed by atoms with Gasteiger partial charge in [-0.05, 0) is 44.4 Å². The number of hydrogen-bond donors (Lipinski definition) is 5. The van der Waals surface area contributed by atoms with Gasteiger partial charge < -0.3 is 35.3 Å². The number of likely N-dealkylation sites (N-methyl/N-ethyl adjacent to an activating group) is 1. The molecule has 12 nitrogen and oxygen atoms in total. The highest BCUT2D eigenvalue weighted by Crippen LogP contribution is 2.16. The summed E-state index contributed by atoms with van der Waals surface area (Å²) >= 11 is 0. The summed E-state index contributed by atoms with van der Waals surface area (Å²) in [7, 11) is 1.55. The largest absolute Gasteiger partial charge is 0.463 e. The molecule has 5 atom stereocenters. The first kappa shape index (κ1) is 34.7. The predicted molar refractivity (Wildman–Crippen MR) is 138 cm³/mol. The van der Waals surface area contributed by atoms with Gasteiger partial charge in [-0.1, -0.05) is 20.3 Å². The van der Waals surface area contributed by atoms with Crippen LogP contribution in [0.5, 0.6) is 0 Å². The highest BCUT2D eigenvalue weighted by molar-refractivity contribution is 5.81. The van der Waals surface area contributed by atoms with Crippen LogP contribution in [-0.2, 0) is 33.4 Å². The molecule has 0 aromatic carbocycles. The number of esters is 1. The zero-order chi connectivity index (χ0) is 28.1. The standard InChI is InChI=1S/C25H48N4O8/c1-6-18(2)23(28-19(3)31)25(37-16-15-35-20(4)32)36-14-10-8-12-22(33)29-21(24(34)26-5)11-7-9-13-27-17-30/h17-18,21-23,25,29,33H,6-16H2,1-5H3,(H,26,34)(H,27,30)(H,28,31)/t18?,21-,22?,23?,25?/m0/s1. The molecule has 0 heterocycles. The zero-order valence-electron chi connectivity index (χ0n) is 23.0. The highest BCUT2D eigenvalue weighted by Gasteiger charge is 2.28. The summed E-state index contributed by atoms with van der Waals surface area (Å²) in [5.74, 6) is -0.706. The smallest absolute Gasteiger partial charge is 0.302 e. The molecule has 0 saturated heterocycles. The molecule has 0 saturated carbocycles. The number of unbranched alkanes of at least 4 members (excludes halogenated alkanes) is 2. The molecule has 0 aliphatic rings. The second-order valence-electron chi connectivity index (χ2n) is 8.97. The lowest BCUT2D eigenvalue weighted by atomic mass is 9.98. The van der Waals surface area contributed by atoms with Crippen molar-refractivity contribution in [2.75, 3.05) is 33.4 Å². The second kappa shape index (κ2) is 21.8. The predicted octanol–water partition coefficient (Wildman–Crippen LogP) is 0.569. The summed E-state index contributed by atoms with van der Waals surface area (Å²) in [6.45, 7) is 7.86. The normalized spacial score (nSPS) is 15.1. The summed E-state index contributed by atoms with van der Waals surface area (Å²) < 4.78 is 16.7. The molecule has 0 aromatic heterocycles. The van der Waals surface area contributed by atoms with Crippen molar-refractivity contribution in [2.24, 2.45) is 5.92 Å². The zero-order valence-corrected chi connectivity index (χ0v) is 23.0. The van der Waals surface area contributed by atoms with Gasteiger partial charge in [0.1, 0.15) is 12.8 Å². The number of aliphatic hydroxyl groups excluding tert-OH is 1. The van der Waals surface area contributed by atoms with Crippen LogP contribution >= 0.6 is 0 Å². The molecule has 0 aliphatic heterocycles. The SMILES string of the molecule is CCC(C)C(NC(C)=O)C(OCCCCC(O)N[C@@H](CCCCNC=O)C(=O)NC)OCCOC(C)=O. The Morgan fingerprint density at radius 3 is 2.24 bits per heavy atom. The van der Waals surface area contributed by atoms with Gasteiger partial charge in [0, 0.05) is 34.0 Å². The molecule has 4 unspecified atom stereocenters. The molecule has 12 heteroatoms. The van der Waals surface area contributed by atoms with Crippen molar-refractivity contribution in [3.05, 3.63) is 0 Å². The molecule has 0 radical (unpaired) electrons. The van der Waals surface area contributed by atoms with E-state index >= 15 is 0 Å². The van der Waals surface area contributed by atoms with Crippen molar-refractivity contribution in [3.8, 4) is 0 Å². The van der Waals surface area contributed by atoms with Gasteiger partial charge in [-0.2, -0.15) is 0 Å².